The van der Waals surface area contributed by atoms with Crippen LogP contribution in [0.3, 0.4) is 0 Å². The van der Waals surface area contributed by atoms with Gasteiger partial charge < -0.3 is 14.8 Å². The van der Waals surface area contributed by atoms with Crippen LogP contribution in [-0.4, -0.2) is 37.6 Å². The SMILES string of the molecule is CCOC(=O)C[C@@H](Cc1ccc(-c2ccccc2C#N)cc1)NC(=O)CCC(=O)OC. The summed E-state index contributed by atoms with van der Waals surface area (Å²) in [5.41, 5.74) is 3.26. The molecule has 2 aromatic carbocycles. The van der Waals surface area contributed by atoms with Gasteiger partial charge in [0.15, 0.2) is 0 Å². The van der Waals surface area contributed by atoms with Crippen molar-refractivity contribution in [2.45, 2.75) is 38.6 Å². The molecule has 0 saturated carbocycles. The molecule has 0 heterocycles. The monoisotopic (exact) mass is 422 g/mol. The van der Waals surface area contributed by atoms with Crippen molar-refractivity contribution in [3.63, 3.8) is 0 Å². The molecule has 0 bridgehead atoms. The summed E-state index contributed by atoms with van der Waals surface area (Å²) < 4.78 is 9.56. The van der Waals surface area contributed by atoms with Gasteiger partial charge in [0.2, 0.25) is 5.91 Å². The third kappa shape index (κ3) is 7.59. The minimum atomic E-state index is -0.471. The van der Waals surface area contributed by atoms with Gasteiger partial charge in [-0.1, -0.05) is 42.5 Å². The molecule has 0 aromatic heterocycles. The van der Waals surface area contributed by atoms with Crippen LogP contribution in [0.15, 0.2) is 48.5 Å². The quantitative estimate of drug-likeness (QED) is 0.590. The molecule has 31 heavy (non-hydrogen) atoms. The Labute approximate surface area is 182 Å². The molecule has 2 rings (SSSR count). The van der Waals surface area contributed by atoms with E-state index in [0.717, 1.165) is 16.7 Å². The van der Waals surface area contributed by atoms with E-state index in [2.05, 4.69) is 16.1 Å². The summed E-state index contributed by atoms with van der Waals surface area (Å²) in [6.45, 7) is 1.98. The third-order valence-electron chi connectivity index (χ3n) is 4.66. The minimum Gasteiger partial charge on any atom is -0.469 e. The van der Waals surface area contributed by atoms with E-state index < -0.39 is 18.0 Å². The van der Waals surface area contributed by atoms with Gasteiger partial charge >= 0.3 is 11.9 Å². The van der Waals surface area contributed by atoms with Gasteiger partial charge in [0.25, 0.3) is 0 Å². The highest BCUT2D eigenvalue weighted by molar-refractivity contribution is 5.82. The van der Waals surface area contributed by atoms with Crippen LogP contribution in [0.4, 0.5) is 0 Å². The first-order valence-corrected chi connectivity index (χ1v) is 10.1. The summed E-state index contributed by atoms with van der Waals surface area (Å²) in [6.07, 6.45) is 0.400. The largest absolute Gasteiger partial charge is 0.469 e. The highest BCUT2D eigenvalue weighted by atomic mass is 16.5. The van der Waals surface area contributed by atoms with E-state index in [1.165, 1.54) is 7.11 Å². The molecular formula is C24H26N2O5. The van der Waals surface area contributed by atoms with Crippen molar-refractivity contribution in [3.05, 3.63) is 59.7 Å². The number of rotatable bonds is 10. The zero-order valence-electron chi connectivity index (χ0n) is 17.7. The van der Waals surface area contributed by atoms with Gasteiger partial charge in [-0.15, -0.1) is 0 Å². The maximum Gasteiger partial charge on any atom is 0.307 e. The van der Waals surface area contributed by atoms with Crippen LogP contribution in [0.25, 0.3) is 11.1 Å². The number of carbonyl (C=O) groups excluding carboxylic acids is 3. The van der Waals surface area contributed by atoms with Crippen molar-refractivity contribution in [2.75, 3.05) is 13.7 Å². The summed E-state index contributed by atoms with van der Waals surface area (Å²) in [4.78, 5) is 35.4. The van der Waals surface area contributed by atoms with Gasteiger partial charge in [-0.05, 0) is 36.1 Å². The number of hydrogen-bond acceptors (Lipinski definition) is 6. The summed E-state index contributed by atoms with van der Waals surface area (Å²) in [5.74, 6) is -1.20. The fourth-order valence-electron chi connectivity index (χ4n) is 3.15. The minimum absolute atomic E-state index is 0.0180. The van der Waals surface area contributed by atoms with Crippen molar-refractivity contribution in [2.24, 2.45) is 0 Å². The average Bonchev–Trinajstić information content (AvgIpc) is 2.78. The van der Waals surface area contributed by atoms with Crippen LogP contribution in [-0.2, 0) is 30.3 Å². The second-order valence-electron chi connectivity index (χ2n) is 6.91. The van der Waals surface area contributed by atoms with E-state index in [1.807, 2.05) is 42.5 Å². The van der Waals surface area contributed by atoms with Crippen LogP contribution in [0.2, 0.25) is 0 Å². The molecule has 0 fully saturated rings. The molecule has 0 aliphatic rings. The van der Waals surface area contributed by atoms with Crippen LogP contribution in [0, 0.1) is 11.3 Å². The predicted octanol–water partition coefficient (Wildman–Crippen LogP) is 3.16. The van der Waals surface area contributed by atoms with Crippen molar-refractivity contribution < 1.29 is 23.9 Å². The molecule has 0 saturated heterocycles. The van der Waals surface area contributed by atoms with Crippen molar-refractivity contribution in [3.8, 4) is 17.2 Å². The lowest BCUT2D eigenvalue weighted by molar-refractivity contribution is -0.144. The number of amides is 1. The Hall–Kier alpha value is -3.66. The van der Waals surface area contributed by atoms with Gasteiger partial charge in [-0.25, -0.2) is 0 Å². The van der Waals surface area contributed by atoms with E-state index in [0.29, 0.717) is 12.0 Å². The van der Waals surface area contributed by atoms with Gasteiger partial charge in [0.1, 0.15) is 0 Å². The molecule has 2 aromatic rings. The molecule has 1 atom stereocenters. The number of benzene rings is 2. The summed E-state index contributed by atoms with van der Waals surface area (Å²) in [5, 5.41) is 12.1. The molecule has 162 valence electrons. The lowest BCUT2D eigenvalue weighted by atomic mass is 9.97. The standard InChI is InChI=1S/C24H26N2O5/c1-3-31-24(29)15-20(26-22(27)12-13-23(28)30-2)14-17-8-10-18(11-9-17)21-7-5-4-6-19(21)16-25/h4-11,20H,3,12-15H2,1-2H3,(H,26,27)/t20-/m1/s1. The lowest BCUT2D eigenvalue weighted by Gasteiger charge is -2.18. The topological polar surface area (TPSA) is 105 Å². The molecular weight excluding hydrogens is 396 g/mol. The number of ether oxygens (including phenoxy) is 2. The highest BCUT2D eigenvalue weighted by Gasteiger charge is 2.19. The molecule has 0 aliphatic carbocycles. The first kappa shape index (κ1) is 23.6. The molecule has 1 N–H and O–H groups in total. The zero-order chi connectivity index (χ0) is 22.6. The van der Waals surface area contributed by atoms with E-state index in [1.54, 1.807) is 13.0 Å². The molecule has 0 aliphatic heterocycles. The maximum absolute atomic E-state index is 12.2. The fraction of sp³-hybridized carbons (Fsp3) is 0.333. The summed E-state index contributed by atoms with van der Waals surface area (Å²) >= 11 is 0. The van der Waals surface area contributed by atoms with Gasteiger partial charge in [0, 0.05) is 12.5 Å². The van der Waals surface area contributed by atoms with E-state index in [4.69, 9.17) is 4.74 Å². The number of esters is 2. The van der Waals surface area contributed by atoms with Crippen molar-refractivity contribution >= 4 is 17.8 Å². The second-order valence-corrected chi connectivity index (χ2v) is 6.91. The Morgan fingerprint density at radius 2 is 1.74 bits per heavy atom. The lowest BCUT2D eigenvalue weighted by Crippen LogP contribution is -2.38. The van der Waals surface area contributed by atoms with Crippen LogP contribution >= 0.6 is 0 Å². The Kier molecular flexibility index (Phi) is 9.24. The normalized spacial score (nSPS) is 11.1. The fourth-order valence-corrected chi connectivity index (χ4v) is 3.15. The molecule has 1 amide bonds. The Bertz CT molecular complexity index is 947. The van der Waals surface area contributed by atoms with Gasteiger partial charge in [-0.3, -0.25) is 14.4 Å². The number of hydrogen-bond donors (Lipinski definition) is 1. The molecule has 0 spiro atoms. The first-order valence-electron chi connectivity index (χ1n) is 10.1. The number of carbonyl (C=O) groups is 3. The summed E-state index contributed by atoms with van der Waals surface area (Å²) in [6, 6.07) is 16.7. The maximum atomic E-state index is 12.2. The Morgan fingerprint density at radius 3 is 2.39 bits per heavy atom. The number of nitriles is 1. The van der Waals surface area contributed by atoms with E-state index in [-0.39, 0.29) is 31.8 Å². The highest BCUT2D eigenvalue weighted by Crippen LogP contribution is 2.24. The van der Waals surface area contributed by atoms with E-state index in [9.17, 15) is 19.6 Å². The van der Waals surface area contributed by atoms with Crippen LogP contribution in [0.5, 0.6) is 0 Å². The van der Waals surface area contributed by atoms with E-state index >= 15 is 0 Å². The number of methoxy groups -OCH3 is 1. The van der Waals surface area contributed by atoms with Gasteiger partial charge in [-0.2, -0.15) is 5.26 Å². The van der Waals surface area contributed by atoms with Crippen molar-refractivity contribution in [1.82, 2.24) is 5.32 Å². The molecule has 7 nitrogen and oxygen atoms in total. The van der Waals surface area contributed by atoms with Crippen molar-refractivity contribution in [1.29, 1.82) is 5.26 Å². The van der Waals surface area contributed by atoms with Crippen LogP contribution in [0.1, 0.15) is 37.3 Å². The van der Waals surface area contributed by atoms with Gasteiger partial charge in [0.05, 0.1) is 38.2 Å². The smallest absolute Gasteiger partial charge is 0.307 e. The Morgan fingerprint density at radius 1 is 1.03 bits per heavy atom. The third-order valence-corrected chi connectivity index (χ3v) is 4.66. The number of nitrogens with zero attached hydrogens (tertiary/aromatic N) is 1. The Balaban J connectivity index is 2.10. The number of nitrogens with one attached hydrogen (secondary N) is 1. The average molecular weight is 422 g/mol. The first-order chi connectivity index (χ1) is 15.0. The molecule has 7 heteroatoms. The van der Waals surface area contributed by atoms with Crippen LogP contribution < -0.4 is 5.32 Å². The molecule has 0 unspecified atom stereocenters. The molecule has 0 radical (unpaired) electrons. The summed E-state index contributed by atoms with van der Waals surface area (Å²) in [7, 11) is 1.27. The zero-order valence-corrected chi connectivity index (χ0v) is 17.7. The second kappa shape index (κ2) is 12.1. The predicted molar refractivity (Wildman–Crippen MR) is 115 cm³/mol.